The van der Waals surface area contributed by atoms with Crippen LogP contribution < -0.4 is 10.3 Å². The SMILES string of the molecule is O=c1[nH]c(OC(F)(F)F)cc(C(F)(F)F)c1CBr. The van der Waals surface area contributed by atoms with Gasteiger partial charge in [0.2, 0.25) is 5.88 Å². The molecular formula is C8H4BrF6NO2. The average Bonchev–Trinajstić information content (AvgIpc) is 2.12. The molecule has 0 amide bonds. The summed E-state index contributed by atoms with van der Waals surface area (Å²) in [6.45, 7) is 0. The number of hydrogen-bond acceptors (Lipinski definition) is 2. The molecule has 1 N–H and O–H groups in total. The Morgan fingerprint density at radius 1 is 1.22 bits per heavy atom. The number of ether oxygens (including phenoxy) is 1. The van der Waals surface area contributed by atoms with Crippen molar-refractivity contribution in [3.05, 3.63) is 27.5 Å². The van der Waals surface area contributed by atoms with Crippen LogP contribution in [0.15, 0.2) is 10.9 Å². The minimum atomic E-state index is -5.19. The molecule has 0 radical (unpaired) electrons. The van der Waals surface area contributed by atoms with Crippen LogP contribution in [0, 0.1) is 0 Å². The molecule has 0 aliphatic carbocycles. The highest BCUT2D eigenvalue weighted by molar-refractivity contribution is 9.08. The second kappa shape index (κ2) is 4.82. The third-order valence-electron chi connectivity index (χ3n) is 1.78. The molecule has 0 saturated heterocycles. The lowest BCUT2D eigenvalue weighted by molar-refractivity contribution is -0.276. The van der Waals surface area contributed by atoms with Crippen molar-refractivity contribution in [2.75, 3.05) is 0 Å². The quantitative estimate of drug-likeness (QED) is 0.664. The highest BCUT2D eigenvalue weighted by Crippen LogP contribution is 2.34. The summed E-state index contributed by atoms with van der Waals surface area (Å²) in [4.78, 5) is 12.8. The van der Waals surface area contributed by atoms with E-state index in [0.29, 0.717) is 0 Å². The van der Waals surface area contributed by atoms with Crippen molar-refractivity contribution in [3.63, 3.8) is 0 Å². The van der Waals surface area contributed by atoms with E-state index in [1.165, 1.54) is 0 Å². The molecule has 0 aliphatic heterocycles. The first-order chi connectivity index (χ1) is 8.04. The van der Waals surface area contributed by atoms with Crippen LogP contribution in [-0.4, -0.2) is 11.3 Å². The summed E-state index contributed by atoms with van der Waals surface area (Å²) in [7, 11) is 0. The van der Waals surface area contributed by atoms with Gasteiger partial charge in [-0.15, -0.1) is 13.2 Å². The normalized spacial score (nSPS) is 12.6. The lowest BCUT2D eigenvalue weighted by atomic mass is 10.1. The van der Waals surface area contributed by atoms with E-state index in [1.807, 2.05) is 0 Å². The molecule has 1 aromatic heterocycles. The van der Waals surface area contributed by atoms with Crippen LogP contribution in [0.3, 0.4) is 0 Å². The van der Waals surface area contributed by atoms with Gasteiger partial charge in [0.25, 0.3) is 5.56 Å². The van der Waals surface area contributed by atoms with Gasteiger partial charge in [0.05, 0.1) is 5.56 Å². The highest BCUT2D eigenvalue weighted by atomic mass is 79.9. The number of halogens is 7. The summed E-state index contributed by atoms with van der Waals surface area (Å²) >= 11 is 2.65. The molecule has 3 nitrogen and oxygen atoms in total. The molecule has 0 spiro atoms. The maximum Gasteiger partial charge on any atom is 0.574 e. The molecule has 0 fully saturated rings. The minimum Gasteiger partial charge on any atom is -0.390 e. The van der Waals surface area contributed by atoms with Gasteiger partial charge >= 0.3 is 12.5 Å². The van der Waals surface area contributed by atoms with Gasteiger partial charge in [0, 0.05) is 17.0 Å². The first-order valence-electron chi connectivity index (χ1n) is 4.19. The molecule has 0 unspecified atom stereocenters. The largest absolute Gasteiger partial charge is 0.574 e. The van der Waals surface area contributed by atoms with Crippen molar-refractivity contribution in [1.82, 2.24) is 4.98 Å². The standard InChI is InChI=1S/C8H4BrF6NO2/c9-2-3-4(7(10,11)12)1-5(16-6(3)17)18-8(13,14)15/h1H,2H2,(H,16,17). The van der Waals surface area contributed by atoms with Crippen molar-refractivity contribution in [2.24, 2.45) is 0 Å². The van der Waals surface area contributed by atoms with Gasteiger partial charge in [-0.25, -0.2) is 0 Å². The zero-order valence-corrected chi connectivity index (χ0v) is 9.83. The molecule has 18 heavy (non-hydrogen) atoms. The maximum absolute atomic E-state index is 12.5. The third-order valence-corrected chi connectivity index (χ3v) is 2.34. The Labute approximate surface area is 104 Å². The van der Waals surface area contributed by atoms with E-state index < -0.39 is 40.4 Å². The van der Waals surface area contributed by atoms with E-state index in [0.717, 1.165) is 0 Å². The average molecular weight is 340 g/mol. The molecule has 1 aromatic rings. The molecule has 1 heterocycles. The van der Waals surface area contributed by atoms with Gasteiger partial charge in [-0.2, -0.15) is 13.2 Å². The van der Waals surface area contributed by atoms with E-state index >= 15 is 0 Å². The summed E-state index contributed by atoms with van der Waals surface area (Å²) in [5.74, 6) is -1.32. The molecule has 10 heteroatoms. The van der Waals surface area contributed by atoms with Gasteiger partial charge in [0.15, 0.2) is 0 Å². The van der Waals surface area contributed by atoms with E-state index in [2.05, 4.69) is 20.7 Å². The number of H-pyrrole nitrogens is 1. The molecule has 1 rings (SSSR count). The summed E-state index contributed by atoms with van der Waals surface area (Å²) < 4.78 is 76.3. The van der Waals surface area contributed by atoms with E-state index in [4.69, 9.17) is 0 Å². The molecule has 0 aromatic carbocycles. The maximum atomic E-state index is 12.5. The Morgan fingerprint density at radius 2 is 1.78 bits per heavy atom. The number of alkyl halides is 7. The Kier molecular flexibility index (Phi) is 3.99. The fraction of sp³-hybridized carbons (Fsp3) is 0.375. The molecule has 0 aliphatic rings. The second-order valence-electron chi connectivity index (χ2n) is 3.03. The molecule has 0 atom stereocenters. The predicted molar refractivity (Wildman–Crippen MR) is 51.4 cm³/mol. The zero-order valence-electron chi connectivity index (χ0n) is 8.25. The fourth-order valence-corrected chi connectivity index (χ4v) is 1.69. The highest BCUT2D eigenvalue weighted by Gasteiger charge is 2.37. The first kappa shape index (κ1) is 14.9. The van der Waals surface area contributed by atoms with Crippen LogP contribution >= 0.6 is 15.9 Å². The van der Waals surface area contributed by atoms with Gasteiger partial charge < -0.3 is 4.74 Å². The van der Waals surface area contributed by atoms with Crippen LogP contribution in [0.5, 0.6) is 5.88 Å². The van der Waals surface area contributed by atoms with E-state index in [-0.39, 0.29) is 6.07 Å². The van der Waals surface area contributed by atoms with Crippen molar-refractivity contribution >= 4 is 15.9 Å². The lowest BCUT2D eigenvalue weighted by Gasteiger charge is -2.13. The number of aromatic amines is 1. The van der Waals surface area contributed by atoms with Crippen LogP contribution in [0.25, 0.3) is 0 Å². The molecule has 0 saturated carbocycles. The Bertz CT molecular complexity index is 492. The fourth-order valence-electron chi connectivity index (χ4n) is 1.13. The van der Waals surface area contributed by atoms with Gasteiger partial charge in [-0.3, -0.25) is 9.78 Å². The van der Waals surface area contributed by atoms with Gasteiger partial charge in [-0.1, -0.05) is 15.9 Å². The summed E-state index contributed by atoms with van der Waals surface area (Å²) in [6, 6.07) is 0.0888. The second-order valence-corrected chi connectivity index (χ2v) is 3.59. The summed E-state index contributed by atoms with van der Waals surface area (Å²) in [5.41, 5.74) is -3.51. The summed E-state index contributed by atoms with van der Waals surface area (Å²) in [5, 5.41) is -0.455. The topological polar surface area (TPSA) is 42.1 Å². The van der Waals surface area contributed by atoms with Crippen LogP contribution in [0.1, 0.15) is 11.1 Å². The zero-order chi connectivity index (χ0) is 14.1. The van der Waals surface area contributed by atoms with E-state index in [1.54, 1.807) is 4.98 Å². The van der Waals surface area contributed by atoms with Crippen LogP contribution in [0.2, 0.25) is 0 Å². The third kappa shape index (κ3) is 3.65. The Morgan fingerprint density at radius 3 is 2.17 bits per heavy atom. The predicted octanol–water partition coefficient (Wildman–Crippen LogP) is 3.19. The first-order valence-corrected chi connectivity index (χ1v) is 5.32. The number of pyridine rings is 1. The van der Waals surface area contributed by atoms with Crippen LogP contribution in [0.4, 0.5) is 26.3 Å². The lowest BCUT2D eigenvalue weighted by Crippen LogP contribution is -2.24. The van der Waals surface area contributed by atoms with Crippen molar-refractivity contribution in [2.45, 2.75) is 17.9 Å². The Hall–Kier alpha value is -1.19. The number of hydrogen-bond donors (Lipinski definition) is 1. The van der Waals surface area contributed by atoms with Crippen molar-refractivity contribution < 1.29 is 31.1 Å². The monoisotopic (exact) mass is 339 g/mol. The van der Waals surface area contributed by atoms with Gasteiger partial charge in [0.1, 0.15) is 0 Å². The van der Waals surface area contributed by atoms with Crippen LogP contribution in [-0.2, 0) is 11.5 Å². The summed E-state index contributed by atoms with van der Waals surface area (Å²) in [6.07, 6.45) is -10.2. The van der Waals surface area contributed by atoms with E-state index in [9.17, 15) is 31.1 Å². The molecule has 102 valence electrons. The molecular weight excluding hydrogens is 336 g/mol. The molecule has 0 bridgehead atoms. The minimum absolute atomic E-state index is 0.0888. The Balaban J connectivity index is 3.36. The number of rotatable bonds is 2. The van der Waals surface area contributed by atoms with Crippen molar-refractivity contribution in [3.8, 4) is 5.88 Å². The van der Waals surface area contributed by atoms with Crippen molar-refractivity contribution in [1.29, 1.82) is 0 Å². The number of aromatic nitrogens is 1. The number of nitrogens with one attached hydrogen (secondary N) is 1. The smallest absolute Gasteiger partial charge is 0.390 e. The van der Waals surface area contributed by atoms with Gasteiger partial charge in [-0.05, 0) is 0 Å².